The lowest BCUT2D eigenvalue weighted by molar-refractivity contribution is -0.104. The molecule has 0 aromatic carbocycles. The van der Waals surface area contributed by atoms with Crippen molar-refractivity contribution < 1.29 is 9.90 Å². The number of rotatable bonds is 3. The van der Waals surface area contributed by atoms with Crippen molar-refractivity contribution in [3.8, 4) is 0 Å². The van der Waals surface area contributed by atoms with E-state index in [1.165, 1.54) is 0 Å². The lowest BCUT2D eigenvalue weighted by atomic mass is 10.4. The quantitative estimate of drug-likeness (QED) is 0.515. The third-order valence-corrected chi connectivity index (χ3v) is 1.09. The maximum atomic E-state index is 9.81. The number of hydrogen-bond acceptors (Lipinski definition) is 2. The van der Waals surface area contributed by atoms with Crippen LogP contribution >= 0.6 is 15.9 Å². The monoisotopic (exact) mass is 178 g/mol. The highest BCUT2D eigenvalue weighted by atomic mass is 79.9. The van der Waals surface area contributed by atoms with Gasteiger partial charge in [-0.2, -0.15) is 0 Å². The first-order chi connectivity index (χ1) is 3.81. The van der Waals surface area contributed by atoms with Crippen LogP contribution < -0.4 is 0 Å². The standard InChI is InChI=1S/C5H7BrO2/c6-5(4-8)2-1-3-7/h2,4,7H,1,3H2/b5-2-. The fraction of sp³-hybridized carbons (Fsp3) is 0.400. The Morgan fingerprint density at radius 3 is 2.75 bits per heavy atom. The summed E-state index contributed by atoms with van der Waals surface area (Å²) < 4.78 is 0.492. The molecule has 0 heterocycles. The van der Waals surface area contributed by atoms with E-state index in [0.29, 0.717) is 17.2 Å². The largest absolute Gasteiger partial charge is 0.396 e. The van der Waals surface area contributed by atoms with E-state index in [2.05, 4.69) is 15.9 Å². The number of halogens is 1. The molecule has 0 atom stereocenters. The van der Waals surface area contributed by atoms with E-state index in [4.69, 9.17) is 5.11 Å². The van der Waals surface area contributed by atoms with Crippen molar-refractivity contribution >= 4 is 22.2 Å². The van der Waals surface area contributed by atoms with Crippen LogP contribution in [0, 0.1) is 0 Å². The Labute approximate surface area is 56.3 Å². The first-order valence-electron chi connectivity index (χ1n) is 2.23. The van der Waals surface area contributed by atoms with Crippen molar-refractivity contribution in [2.24, 2.45) is 0 Å². The highest BCUT2D eigenvalue weighted by molar-refractivity contribution is 9.12. The van der Waals surface area contributed by atoms with Crippen molar-refractivity contribution in [1.29, 1.82) is 0 Å². The van der Waals surface area contributed by atoms with E-state index in [9.17, 15) is 4.79 Å². The molecule has 0 aliphatic carbocycles. The van der Waals surface area contributed by atoms with Gasteiger partial charge in [-0.05, 0) is 22.4 Å². The van der Waals surface area contributed by atoms with Gasteiger partial charge in [-0.15, -0.1) is 0 Å². The summed E-state index contributed by atoms with van der Waals surface area (Å²) in [6.45, 7) is 0.0863. The number of carbonyl (C=O) groups is 1. The van der Waals surface area contributed by atoms with Gasteiger partial charge in [-0.1, -0.05) is 6.08 Å². The zero-order valence-corrected chi connectivity index (χ0v) is 5.89. The molecule has 0 aromatic heterocycles. The molecular weight excluding hydrogens is 172 g/mol. The summed E-state index contributed by atoms with van der Waals surface area (Å²) >= 11 is 2.96. The summed E-state index contributed by atoms with van der Waals surface area (Å²) in [6, 6.07) is 0. The SMILES string of the molecule is O=C/C(Br)=C/CCO. The van der Waals surface area contributed by atoms with E-state index in [1.54, 1.807) is 6.08 Å². The van der Waals surface area contributed by atoms with Crippen LogP contribution in [0.15, 0.2) is 10.6 Å². The number of carbonyl (C=O) groups excluding carboxylic acids is 1. The minimum Gasteiger partial charge on any atom is -0.396 e. The van der Waals surface area contributed by atoms with Crippen LogP contribution in [0.5, 0.6) is 0 Å². The molecule has 8 heavy (non-hydrogen) atoms. The van der Waals surface area contributed by atoms with Crippen molar-refractivity contribution in [2.75, 3.05) is 6.61 Å². The van der Waals surface area contributed by atoms with E-state index < -0.39 is 0 Å². The second kappa shape index (κ2) is 5.00. The summed E-state index contributed by atoms with van der Waals surface area (Å²) in [4.78, 5) is 9.81. The highest BCUT2D eigenvalue weighted by Crippen LogP contribution is 2.00. The topological polar surface area (TPSA) is 37.3 Å². The van der Waals surface area contributed by atoms with Gasteiger partial charge in [0.15, 0.2) is 6.29 Å². The maximum Gasteiger partial charge on any atom is 0.156 e. The second-order valence-electron chi connectivity index (χ2n) is 1.22. The van der Waals surface area contributed by atoms with Crippen LogP contribution in [0.3, 0.4) is 0 Å². The Morgan fingerprint density at radius 1 is 1.75 bits per heavy atom. The van der Waals surface area contributed by atoms with Crippen LogP contribution in [-0.2, 0) is 4.79 Å². The van der Waals surface area contributed by atoms with Gasteiger partial charge in [0.2, 0.25) is 0 Å². The highest BCUT2D eigenvalue weighted by Gasteiger charge is 1.82. The molecule has 0 aliphatic rings. The Balaban J connectivity index is 3.40. The molecule has 1 N–H and O–H groups in total. The Morgan fingerprint density at radius 2 is 2.38 bits per heavy atom. The van der Waals surface area contributed by atoms with Crippen LogP contribution in [0.1, 0.15) is 6.42 Å². The van der Waals surface area contributed by atoms with Crippen molar-refractivity contribution in [3.63, 3.8) is 0 Å². The van der Waals surface area contributed by atoms with Gasteiger partial charge in [0.25, 0.3) is 0 Å². The molecule has 2 nitrogen and oxygen atoms in total. The van der Waals surface area contributed by atoms with Gasteiger partial charge in [-0.3, -0.25) is 4.79 Å². The van der Waals surface area contributed by atoms with Crippen LogP contribution in [0.4, 0.5) is 0 Å². The van der Waals surface area contributed by atoms with E-state index >= 15 is 0 Å². The second-order valence-corrected chi connectivity index (χ2v) is 2.13. The lowest BCUT2D eigenvalue weighted by Gasteiger charge is -1.82. The molecule has 0 spiro atoms. The van der Waals surface area contributed by atoms with Crippen LogP contribution in [-0.4, -0.2) is 18.0 Å². The summed E-state index contributed by atoms with van der Waals surface area (Å²) in [5.41, 5.74) is 0. The van der Waals surface area contributed by atoms with Gasteiger partial charge < -0.3 is 5.11 Å². The lowest BCUT2D eigenvalue weighted by Crippen LogP contribution is -1.78. The van der Waals surface area contributed by atoms with Crippen molar-refractivity contribution in [2.45, 2.75) is 6.42 Å². The van der Waals surface area contributed by atoms with Gasteiger partial charge in [-0.25, -0.2) is 0 Å². The minimum absolute atomic E-state index is 0.0863. The zero-order valence-electron chi connectivity index (χ0n) is 4.30. The Kier molecular flexibility index (Phi) is 4.90. The van der Waals surface area contributed by atoms with Gasteiger partial charge in [0, 0.05) is 6.61 Å². The zero-order chi connectivity index (χ0) is 6.41. The first kappa shape index (κ1) is 7.85. The van der Waals surface area contributed by atoms with Gasteiger partial charge in [0.05, 0.1) is 4.48 Å². The Hall–Kier alpha value is -0.150. The summed E-state index contributed by atoms with van der Waals surface area (Å²) in [6.07, 6.45) is 2.84. The summed E-state index contributed by atoms with van der Waals surface area (Å²) in [5.74, 6) is 0. The molecule has 3 heteroatoms. The molecular formula is C5H7BrO2. The summed E-state index contributed by atoms with van der Waals surface area (Å²) in [5, 5.41) is 8.23. The average molecular weight is 179 g/mol. The van der Waals surface area contributed by atoms with Crippen LogP contribution in [0.25, 0.3) is 0 Å². The summed E-state index contributed by atoms with van der Waals surface area (Å²) in [7, 11) is 0. The molecule has 0 saturated heterocycles. The molecule has 0 bridgehead atoms. The molecule has 0 aromatic rings. The number of hydrogen-bond donors (Lipinski definition) is 1. The van der Waals surface area contributed by atoms with Crippen molar-refractivity contribution in [3.05, 3.63) is 10.6 Å². The number of aldehydes is 1. The van der Waals surface area contributed by atoms with Crippen LogP contribution in [0.2, 0.25) is 0 Å². The van der Waals surface area contributed by atoms with E-state index in [0.717, 1.165) is 0 Å². The molecule has 0 aliphatic heterocycles. The predicted octanol–water partition coefficient (Wildman–Crippen LogP) is 0.846. The molecule has 0 saturated carbocycles. The molecule has 0 unspecified atom stereocenters. The molecule has 0 rings (SSSR count). The normalized spacial score (nSPS) is 11.5. The fourth-order valence-electron chi connectivity index (χ4n) is 0.251. The Bertz CT molecular complexity index is 98.6. The number of aliphatic hydroxyl groups is 1. The molecule has 46 valence electrons. The first-order valence-corrected chi connectivity index (χ1v) is 3.02. The van der Waals surface area contributed by atoms with Crippen molar-refractivity contribution in [1.82, 2.24) is 0 Å². The third kappa shape index (κ3) is 4.02. The number of aliphatic hydroxyl groups excluding tert-OH is 1. The third-order valence-electron chi connectivity index (χ3n) is 0.581. The molecule has 0 amide bonds. The predicted molar refractivity (Wildman–Crippen MR) is 34.8 cm³/mol. The van der Waals surface area contributed by atoms with Gasteiger partial charge in [0.1, 0.15) is 0 Å². The van der Waals surface area contributed by atoms with E-state index in [-0.39, 0.29) is 6.61 Å². The number of allylic oxidation sites excluding steroid dienone is 1. The fourth-order valence-corrected chi connectivity index (χ4v) is 0.479. The smallest absolute Gasteiger partial charge is 0.156 e. The maximum absolute atomic E-state index is 9.81. The average Bonchev–Trinajstić information content (AvgIpc) is 1.83. The van der Waals surface area contributed by atoms with E-state index in [1.807, 2.05) is 0 Å². The molecule has 0 fully saturated rings. The van der Waals surface area contributed by atoms with Gasteiger partial charge >= 0.3 is 0 Å². The molecule has 0 radical (unpaired) electrons. The minimum atomic E-state index is 0.0863.